The molecular weight excluding hydrogens is 455 g/mol. The molecule has 2 heterocycles. The fourth-order valence-electron chi connectivity index (χ4n) is 4.27. The molecule has 1 N–H and O–H groups in total. The Kier molecular flexibility index (Phi) is 8.00. The third-order valence-electron chi connectivity index (χ3n) is 6.21. The maximum Gasteiger partial charge on any atom is 0.224 e. The average molecular weight is 487 g/mol. The standard InChI is InChI=1S/C26H31FN2O6/c1-3-26(27)16-29(17-26)15-21(25(31)18-4-9-22-23(14-18)35-13-12-34-22)28-24(30)10-11-33-20-7-5-19(32-2)6-8-20/h3-9,14,21-23H,1,10-13,15-17H2,2H3,(H,28,30)/t21-,22?,23?/m1/s1. The van der Waals surface area contributed by atoms with E-state index in [-0.39, 0.29) is 56.6 Å². The maximum absolute atomic E-state index is 14.3. The number of amides is 1. The molecule has 2 unspecified atom stereocenters. The number of Topliss-reactive ketones (excluding diaryl/α,β-unsaturated/α-hetero) is 1. The number of carbonyl (C=O) groups excluding carboxylic acids is 2. The number of nitrogens with zero attached hydrogens (tertiary/aromatic N) is 1. The van der Waals surface area contributed by atoms with Crippen LogP contribution in [0.2, 0.25) is 0 Å². The lowest BCUT2D eigenvalue weighted by Crippen LogP contribution is -2.62. The number of methoxy groups -OCH3 is 1. The van der Waals surface area contributed by atoms with Gasteiger partial charge in [-0.3, -0.25) is 14.5 Å². The first-order valence-electron chi connectivity index (χ1n) is 11.7. The molecule has 0 radical (unpaired) electrons. The fourth-order valence-corrected chi connectivity index (χ4v) is 4.27. The summed E-state index contributed by atoms with van der Waals surface area (Å²) >= 11 is 0. The summed E-state index contributed by atoms with van der Waals surface area (Å²) in [7, 11) is 1.58. The van der Waals surface area contributed by atoms with Gasteiger partial charge in [-0.05, 0) is 30.3 Å². The van der Waals surface area contributed by atoms with Crippen molar-refractivity contribution in [2.24, 2.45) is 0 Å². The van der Waals surface area contributed by atoms with Crippen LogP contribution in [-0.2, 0) is 19.1 Å². The van der Waals surface area contributed by atoms with Crippen LogP contribution in [0.25, 0.3) is 0 Å². The number of carbonyl (C=O) groups is 2. The van der Waals surface area contributed by atoms with E-state index in [0.29, 0.717) is 30.3 Å². The van der Waals surface area contributed by atoms with Gasteiger partial charge < -0.3 is 24.3 Å². The molecule has 4 rings (SSSR count). The van der Waals surface area contributed by atoms with Gasteiger partial charge in [-0.25, -0.2) is 4.39 Å². The molecular formula is C26H31FN2O6. The summed E-state index contributed by atoms with van der Waals surface area (Å²) in [5, 5.41) is 2.81. The van der Waals surface area contributed by atoms with E-state index in [4.69, 9.17) is 18.9 Å². The van der Waals surface area contributed by atoms with Crippen molar-refractivity contribution in [1.82, 2.24) is 10.2 Å². The highest BCUT2D eigenvalue weighted by molar-refractivity contribution is 6.04. The molecule has 0 bridgehead atoms. The van der Waals surface area contributed by atoms with E-state index in [1.165, 1.54) is 6.08 Å². The minimum absolute atomic E-state index is 0.0616. The number of nitrogens with one attached hydrogen (secondary N) is 1. The molecule has 0 saturated carbocycles. The molecule has 1 aromatic carbocycles. The van der Waals surface area contributed by atoms with Crippen molar-refractivity contribution < 1.29 is 32.9 Å². The van der Waals surface area contributed by atoms with Gasteiger partial charge in [0.15, 0.2) is 11.5 Å². The van der Waals surface area contributed by atoms with Crippen molar-refractivity contribution in [2.45, 2.75) is 30.3 Å². The minimum Gasteiger partial charge on any atom is -0.497 e. The zero-order valence-electron chi connectivity index (χ0n) is 19.8. The van der Waals surface area contributed by atoms with E-state index in [9.17, 15) is 14.0 Å². The number of benzene rings is 1. The van der Waals surface area contributed by atoms with Gasteiger partial charge >= 0.3 is 0 Å². The molecule has 8 nitrogen and oxygen atoms in total. The van der Waals surface area contributed by atoms with Crippen LogP contribution in [-0.4, -0.2) is 87.1 Å². The largest absolute Gasteiger partial charge is 0.497 e. The molecule has 2 saturated heterocycles. The van der Waals surface area contributed by atoms with Gasteiger partial charge in [-0.1, -0.05) is 24.8 Å². The van der Waals surface area contributed by atoms with Gasteiger partial charge in [0.1, 0.15) is 29.7 Å². The molecule has 3 atom stereocenters. The molecule has 2 aliphatic heterocycles. The SMILES string of the molecule is C=CC1(F)CN(C[C@@H](NC(=O)CCOc2ccc(OC)cc2)C(=O)C2=CC3OCCOC3C=C2)C1. The molecule has 1 aromatic rings. The number of ketones is 1. The highest BCUT2D eigenvalue weighted by Gasteiger charge is 2.42. The summed E-state index contributed by atoms with van der Waals surface area (Å²) in [6.45, 7) is 5.09. The molecule has 35 heavy (non-hydrogen) atoms. The van der Waals surface area contributed by atoms with Gasteiger partial charge in [-0.15, -0.1) is 0 Å². The molecule has 3 aliphatic rings. The highest BCUT2D eigenvalue weighted by Crippen LogP contribution is 2.27. The summed E-state index contributed by atoms with van der Waals surface area (Å²) in [4.78, 5) is 27.8. The van der Waals surface area contributed by atoms with Gasteiger partial charge in [0, 0.05) is 25.2 Å². The topological polar surface area (TPSA) is 86.3 Å². The highest BCUT2D eigenvalue weighted by atomic mass is 19.1. The molecule has 2 fully saturated rings. The lowest BCUT2D eigenvalue weighted by molar-refractivity contribution is -0.128. The third-order valence-corrected chi connectivity index (χ3v) is 6.21. The number of ether oxygens (including phenoxy) is 4. The molecule has 0 spiro atoms. The van der Waals surface area contributed by atoms with Crippen LogP contribution in [0.3, 0.4) is 0 Å². The van der Waals surface area contributed by atoms with Gasteiger partial charge in [-0.2, -0.15) is 0 Å². The number of likely N-dealkylation sites (tertiary alicyclic amines) is 1. The summed E-state index contributed by atoms with van der Waals surface area (Å²) in [6.07, 6.45) is 6.01. The van der Waals surface area contributed by atoms with Gasteiger partial charge in [0.25, 0.3) is 0 Å². The van der Waals surface area contributed by atoms with Crippen LogP contribution in [0, 0.1) is 0 Å². The maximum atomic E-state index is 14.3. The van der Waals surface area contributed by atoms with Crippen molar-refractivity contribution in [3.8, 4) is 11.5 Å². The number of hydrogen-bond donors (Lipinski definition) is 1. The van der Waals surface area contributed by atoms with E-state index >= 15 is 0 Å². The smallest absolute Gasteiger partial charge is 0.224 e. The summed E-state index contributed by atoms with van der Waals surface area (Å²) in [6, 6.07) is 6.20. The Hall–Kier alpha value is -3.01. The van der Waals surface area contributed by atoms with E-state index in [1.807, 2.05) is 0 Å². The molecule has 0 aromatic heterocycles. The Labute approximate surface area is 204 Å². The summed E-state index contributed by atoms with van der Waals surface area (Å²) in [5.41, 5.74) is -1.03. The van der Waals surface area contributed by atoms with E-state index in [1.54, 1.807) is 54.5 Å². The van der Waals surface area contributed by atoms with Crippen molar-refractivity contribution >= 4 is 11.7 Å². The predicted octanol–water partition coefficient (Wildman–Crippen LogP) is 2.01. The quantitative estimate of drug-likeness (QED) is 0.479. The normalized spacial score (nSPS) is 23.8. The lowest BCUT2D eigenvalue weighted by atomic mass is 9.92. The monoisotopic (exact) mass is 486 g/mol. The summed E-state index contributed by atoms with van der Waals surface area (Å²) < 4.78 is 36.4. The van der Waals surface area contributed by atoms with Crippen LogP contribution in [0.5, 0.6) is 11.5 Å². The van der Waals surface area contributed by atoms with Crippen LogP contribution >= 0.6 is 0 Å². The zero-order valence-corrected chi connectivity index (χ0v) is 19.8. The Morgan fingerprint density at radius 1 is 1.23 bits per heavy atom. The van der Waals surface area contributed by atoms with Crippen LogP contribution < -0.4 is 14.8 Å². The third kappa shape index (κ3) is 6.36. The average Bonchev–Trinajstić information content (AvgIpc) is 2.86. The fraction of sp³-hybridized carbons (Fsp3) is 0.462. The zero-order chi connectivity index (χ0) is 24.8. The van der Waals surface area contributed by atoms with Gasteiger partial charge in [0.2, 0.25) is 5.91 Å². The van der Waals surface area contributed by atoms with Gasteiger partial charge in [0.05, 0.1) is 33.4 Å². The summed E-state index contributed by atoms with van der Waals surface area (Å²) in [5.74, 6) is 0.729. The van der Waals surface area contributed by atoms with Crippen molar-refractivity contribution in [3.63, 3.8) is 0 Å². The Morgan fingerprint density at radius 3 is 2.60 bits per heavy atom. The van der Waals surface area contributed by atoms with Crippen molar-refractivity contribution in [3.05, 3.63) is 60.7 Å². The molecule has 1 amide bonds. The first kappa shape index (κ1) is 25.1. The second kappa shape index (κ2) is 11.2. The molecule has 188 valence electrons. The number of hydrogen-bond acceptors (Lipinski definition) is 7. The number of halogens is 1. The first-order chi connectivity index (χ1) is 16.9. The number of alkyl halides is 1. The Balaban J connectivity index is 1.36. The number of allylic oxidation sites excluding steroid dienone is 1. The number of fused-ring (bicyclic) bond motifs is 1. The second-order valence-corrected chi connectivity index (χ2v) is 8.82. The van der Waals surface area contributed by atoms with Crippen LogP contribution in [0.1, 0.15) is 6.42 Å². The first-order valence-corrected chi connectivity index (χ1v) is 11.7. The van der Waals surface area contributed by atoms with Crippen LogP contribution in [0.4, 0.5) is 4.39 Å². The van der Waals surface area contributed by atoms with Crippen LogP contribution in [0.15, 0.2) is 60.7 Å². The minimum atomic E-state index is -1.46. The molecule has 1 aliphatic carbocycles. The van der Waals surface area contributed by atoms with E-state index in [2.05, 4.69) is 11.9 Å². The van der Waals surface area contributed by atoms with E-state index < -0.39 is 11.7 Å². The Morgan fingerprint density at radius 2 is 1.91 bits per heavy atom. The van der Waals surface area contributed by atoms with Crippen molar-refractivity contribution in [2.75, 3.05) is 46.6 Å². The Bertz CT molecular complexity index is 986. The lowest BCUT2D eigenvalue weighted by Gasteiger charge is -2.44. The van der Waals surface area contributed by atoms with E-state index in [0.717, 1.165) is 0 Å². The van der Waals surface area contributed by atoms with Crippen molar-refractivity contribution in [1.29, 1.82) is 0 Å². The molecule has 9 heteroatoms. The second-order valence-electron chi connectivity index (χ2n) is 8.82. The predicted molar refractivity (Wildman–Crippen MR) is 127 cm³/mol. The number of rotatable bonds is 11.